The average molecular weight is 644 g/mol. The van der Waals surface area contributed by atoms with E-state index < -0.39 is 0 Å². The van der Waals surface area contributed by atoms with Crippen LogP contribution in [0.4, 0.5) is 11.6 Å². The molecule has 0 aliphatic carbocycles. The molecule has 2 aliphatic rings. The lowest BCUT2D eigenvalue weighted by Gasteiger charge is -2.33. The summed E-state index contributed by atoms with van der Waals surface area (Å²) in [5, 5.41) is 11.3. The molecule has 2 N–H and O–H groups in total. The Morgan fingerprint density at radius 2 is 1.93 bits per heavy atom. The van der Waals surface area contributed by atoms with Crippen molar-refractivity contribution >= 4 is 57.4 Å². The smallest absolute Gasteiger partial charge is 0.260 e. The summed E-state index contributed by atoms with van der Waals surface area (Å²) >= 11 is 10.4. The highest BCUT2D eigenvalue weighted by molar-refractivity contribution is 7.99. The molecule has 7 rings (SSSR count). The molecular formula is C33H34ClN7OS2. The number of benzene rings is 2. The zero-order valence-corrected chi connectivity index (χ0v) is 26.9. The Hall–Kier alpha value is -3.28. The van der Waals surface area contributed by atoms with Crippen LogP contribution >= 0.6 is 34.7 Å². The molecule has 2 aromatic carbocycles. The maximum absolute atomic E-state index is 14.1. The predicted molar refractivity (Wildman–Crippen MR) is 182 cm³/mol. The van der Waals surface area contributed by atoms with Crippen LogP contribution in [0.1, 0.15) is 46.7 Å². The summed E-state index contributed by atoms with van der Waals surface area (Å²) < 4.78 is 1.69. The second-order valence-corrected chi connectivity index (χ2v) is 14.1. The van der Waals surface area contributed by atoms with Gasteiger partial charge in [-0.25, -0.2) is 9.97 Å². The Bertz CT molecular complexity index is 1820. The Balaban J connectivity index is 1.23. The molecule has 5 heterocycles. The highest BCUT2D eigenvalue weighted by Crippen LogP contribution is 2.35. The average Bonchev–Trinajstić information content (AvgIpc) is 3.57. The number of hydrogen-bond acceptors (Lipinski definition) is 9. The molecule has 3 aromatic heterocycles. The summed E-state index contributed by atoms with van der Waals surface area (Å²) in [5.74, 6) is 1.55. The van der Waals surface area contributed by atoms with Gasteiger partial charge in [0.25, 0.3) is 5.56 Å². The Morgan fingerprint density at radius 1 is 1.07 bits per heavy atom. The molecule has 2 unspecified atom stereocenters. The van der Waals surface area contributed by atoms with Gasteiger partial charge in [0.1, 0.15) is 10.7 Å². The van der Waals surface area contributed by atoms with Crippen molar-refractivity contribution in [2.24, 2.45) is 0 Å². The van der Waals surface area contributed by atoms with Gasteiger partial charge in [0, 0.05) is 75.1 Å². The van der Waals surface area contributed by atoms with Gasteiger partial charge in [-0.05, 0) is 61.8 Å². The fraction of sp³-hybridized carbons (Fsp3) is 0.333. The molecule has 0 amide bonds. The molecule has 0 bridgehead atoms. The molecule has 5 aromatic rings. The largest absolute Gasteiger partial charge is 0.324 e. The van der Waals surface area contributed by atoms with Gasteiger partial charge in [0.05, 0.1) is 6.54 Å². The lowest BCUT2D eigenvalue weighted by molar-refractivity contribution is 0.187. The lowest BCUT2D eigenvalue weighted by atomic mass is 9.94. The van der Waals surface area contributed by atoms with Crippen molar-refractivity contribution in [3.8, 4) is 11.1 Å². The van der Waals surface area contributed by atoms with E-state index in [4.69, 9.17) is 16.6 Å². The molecule has 2 fully saturated rings. The molecule has 44 heavy (non-hydrogen) atoms. The Kier molecular flexibility index (Phi) is 8.69. The fourth-order valence-corrected chi connectivity index (χ4v) is 8.20. The standard InChI is InChI=1S/C33H34ClN7OS2/c1-40-13-3-2-4-28(40)22-7-10-25(27(34)17-22)26-16-23-18-37-33(39-31(23)41(32(26)42)20-30-36-12-15-44-30)38-24-8-5-21(6-9-24)29-19-35-11-14-43-29/h5-10,12,15-18,28-29,35H,2-4,11,13-14,19-20H2,1H3,(H,37,38,39). The van der Waals surface area contributed by atoms with E-state index in [1.807, 2.05) is 35.3 Å². The molecule has 2 saturated heterocycles. The first-order chi connectivity index (χ1) is 21.5. The number of pyridine rings is 1. The molecule has 226 valence electrons. The summed E-state index contributed by atoms with van der Waals surface area (Å²) in [6.45, 7) is 3.43. The minimum absolute atomic E-state index is 0.162. The Labute approximate surface area is 269 Å². The van der Waals surface area contributed by atoms with Crippen LogP contribution in [0, 0.1) is 0 Å². The molecular weight excluding hydrogens is 610 g/mol. The number of thioether (sulfide) groups is 1. The lowest BCUT2D eigenvalue weighted by Crippen LogP contribution is -2.29. The third kappa shape index (κ3) is 6.14. The van der Waals surface area contributed by atoms with Crippen molar-refractivity contribution in [1.29, 1.82) is 0 Å². The van der Waals surface area contributed by atoms with E-state index in [9.17, 15) is 4.79 Å². The SMILES string of the molecule is CN1CCCCC1c1ccc(-c2cc3cnc(Nc4ccc(C5CNCCS5)cc4)nc3n(Cc3nccs3)c2=O)c(Cl)c1. The summed E-state index contributed by atoms with van der Waals surface area (Å²) in [6, 6.07) is 16.7. The minimum Gasteiger partial charge on any atom is -0.324 e. The maximum atomic E-state index is 14.1. The van der Waals surface area contributed by atoms with Crippen LogP contribution in [0.2, 0.25) is 5.02 Å². The van der Waals surface area contributed by atoms with E-state index >= 15 is 0 Å². The van der Waals surface area contributed by atoms with E-state index in [1.165, 1.54) is 35.3 Å². The fourth-order valence-electron chi connectivity index (χ4n) is 6.17. The number of hydrogen-bond donors (Lipinski definition) is 2. The first kappa shape index (κ1) is 29.4. The van der Waals surface area contributed by atoms with Crippen molar-refractivity contribution in [3.05, 3.63) is 97.8 Å². The number of fused-ring (bicyclic) bond motifs is 1. The molecule has 0 radical (unpaired) electrons. The minimum atomic E-state index is -0.162. The number of piperidine rings is 1. The maximum Gasteiger partial charge on any atom is 0.260 e. The second kappa shape index (κ2) is 13.0. The Morgan fingerprint density at radius 3 is 2.68 bits per heavy atom. The summed E-state index contributed by atoms with van der Waals surface area (Å²) in [4.78, 5) is 30.4. The van der Waals surface area contributed by atoms with E-state index in [1.54, 1.807) is 17.0 Å². The third-order valence-electron chi connectivity index (χ3n) is 8.51. The first-order valence-electron chi connectivity index (χ1n) is 15.0. The molecule has 8 nitrogen and oxygen atoms in total. The molecule has 0 spiro atoms. The van der Waals surface area contributed by atoms with Crippen LogP contribution in [-0.2, 0) is 6.54 Å². The van der Waals surface area contributed by atoms with Gasteiger partial charge in [-0.2, -0.15) is 16.7 Å². The number of nitrogens with zero attached hydrogens (tertiary/aromatic N) is 5. The first-order valence-corrected chi connectivity index (χ1v) is 17.3. The van der Waals surface area contributed by atoms with E-state index in [2.05, 4.69) is 62.9 Å². The van der Waals surface area contributed by atoms with Crippen LogP contribution in [0.3, 0.4) is 0 Å². The summed E-state index contributed by atoms with van der Waals surface area (Å²) in [6.07, 6.45) is 7.06. The number of rotatable bonds is 7. The van der Waals surface area contributed by atoms with E-state index in [0.29, 0.717) is 45.6 Å². The molecule has 2 atom stereocenters. The van der Waals surface area contributed by atoms with Crippen molar-refractivity contribution < 1.29 is 0 Å². The van der Waals surface area contributed by atoms with E-state index in [-0.39, 0.29) is 5.56 Å². The van der Waals surface area contributed by atoms with Gasteiger partial charge < -0.3 is 10.6 Å². The van der Waals surface area contributed by atoms with Gasteiger partial charge >= 0.3 is 0 Å². The normalized spacial score (nSPS) is 19.3. The van der Waals surface area contributed by atoms with Gasteiger partial charge in [0.15, 0.2) is 0 Å². The zero-order chi connectivity index (χ0) is 30.0. The second-order valence-electron chi connectivity index (χ2n) is 11.4. The van der Waals surface area contributed by atoms with Gasteiger partial charge in [-0.3, -0.25) is 14.3 Å². The highest BCUT2D eigenvalue weighted by atomic mass is 35.5. The van der Waals surface area contributed by atoms with Crippen molar-refractivity contribution in [3.63, 3.8) is 0 Å². The monoisotopic (exact) mass is 643 g/mol. The molecule has 0 saturated carbocycles. The van der Waals surface area contributed by atoms with Crippen LogP contribution in [0.25, 0.3) is 22.2 Å². The zero-order valence-electron chi connectivity index (χ0n) is 24.5. The van der Waals surface area contributed by atoms with Crippen LogP contribution in [0.15, 0.2) is 71.1 Å². The number of aromatic nitrogens is 4. The topological polar surface area (TPSA) is 88.0 Å². The predicted octanol–water partition coefficient (Wildman–Crippen LogP) is 6.89. The number of likely N-dealkylation sites (tertiary alicyclic amines) is 1. The van der Waals surface area contributed by atoms with Gasteiger partial charge in [-0.1, -0.05) is 42.3 Å². The molecule has 2 aliphatic heterocycles. The number of thiazole rings is 1. The van der Waals surface area contributed by atoms with Gasteiger partial charge in [0.2, 0.25) is 5.95 Å². The summed E-state index contributed by atoms with van der Waals surface area (Å²) in [5.41, 5.74) is 5.00. The van der Waals surface area contributed by atoms with Crippen molar-refractivity contribution in [2.75, 3.05) is 37.8 Å². The van der Waals surface area contributed by atoms with Crippen LogP contribution < -0.4 is 16.2 Å². The number of anilines is 2. The van der Waals surface area contributed by atoms with Crippen molar-refractivity contribution in [2.45, 2.75) is 37.1 Å². The quantitative estimate of drug-likeness (QED) is 0.198. The summed E-state index contributed by atoms with van der Waals surface area (Å²) in [7, 11) is 2.17. The van der Waals surface area contributed by atoms with Crippen molar-refractivity contribution in [1.82, 2.24) is 29.7 Å². The third-order valence-corrected chi connectivity index (χ3v) is 10.9. The van der Waals surface area contributed by atoms with Crippen LogP contribution in [0.5, 0.6) is 0 Å². The van der Waals surface area contributed by atoms with Crippen LogP contribution in [-0.4, -0.2) is 56.9 Å². The number of nitrogens with one attached hydrogen (secondary N) is 2. The molecule has 11 heteroatoms. The highest BCUT2D eigenvalue weighted by Gasteiger charge is 2.23. The number of halogens is 1. The van der Waals surface area contributed by atoms with E-state index in [0.717, 1.165) is 47.9 Å². The van der Waals surface area contributed by atoms with Gasteiger partial charge in [-0.15, -0.1) is 11.3 Å².